The highest BCUT2D eigenvalue weighted by Crippen LogP contribution is 2.25. The summed E-state index contributed by atoms with van der Waals surface area (Å²) in [5.74, 6) is -0.708. The summed E-state index contributed by atoms with van der Waals surface area (Å²) < 4.78 is 13.6. The number of rotatable bonds is 2. The first-order valence-corrected chi connectivity index (χ1v) is 6.41. The predicted molar refractivity (Wildman–Crippen MR) is 74.9 cm³/mol. The van der Waals surface area contributed by atoms with Crippen LogP contribution >= 0.6 is 15.9 Å². The minimum absolute atomic E-state index is 0.00244. The third-order valence-electron chi connectivity index (χ3n) is 2.37. The van der Waals surface area contributed by atoms with Gasteiger partial charge >= 0.3 is 0 Å². The van der Waals surface area contributed by atoms with Crippen molar-refractivity contribution in [2.45, 2.75) is 20.8 Å². The molecule has 0 saturated heterocycles. The molecule has 0 aliphatic rings. The normalized spacial score (nSPS) is 11.4. The molecule has 0 radical (unpaired) electrons. The Labute approximate surface area is 115 Å². The molecular weight excluding hydrogens is 299 g/mol. The smallest absolute Gasteiger partial charge is 0.254 e. The Morgan fingerprint density at radius 3 is 2.50 bits per heavy atom. The molecule has 0 fully saturated rings. The molecule has 0 unspecified atom stereocenters. The van der Waals surface area contributed by atoms with Gasteiger partial charge in [-0.2, -0.15) is 0 Å². The van der Waals surface area contributed by atoms with Gasteiger partial charge in [-0.05, 0) is 33.5 Å². The zero-order chi connectivity index (χ0) is 14.1. The summed E-state index contributed by atoms with van der Waals surface area (Å²) in [6.07, 6.45) is 0. The van der Waals surface area contributed by atoms with Crippen molar-refractivity contribution >= 4 is 27.5 Å². The summed E-state index contributed by atoms with van der Waals surface area (Å²) in [7, 11) is 1.72. The third kappa shape index (κ3) is 3.70. The monoisotopic (exact) mass is 316 g/mol. The van der Waals surface area contributed by atoms with Crippen LogP contribution in [0.1, 0.15) is 31.1 Å². The molecule has 0 aromatic heterocycles. The van der Waals surface area contributed by atoms with E-state index in [-0.39, 0.29) is 17.0 Å². The molecule has 3 nitrogen and oxygen atoms in total. The highest BCUT2D eigenvalue weighted by molar-refractivity contribution is 9.10. The van der Waals surface area contributed by atoms with Gasteiger partial charge < -0.3 is 10.6 Å². The quantitative estimate of drug-likeness (QED) is 0.851. The fourth-order valence-corrected chi connectivity index (χ4v) is 2.20. The minimum Gasteiger partial charge on any atom is -0.396 e. The highest BCUT2D eigenvalue weighted by atomic mass is 79.9. The summed E-state index contributed by atoms with van der Waals surface area (Å²) in [6, 6.07) is 2.58. The Morgan fingerprint density at radius 1 is 1.44 bits per heavy atom. The van der Waals surface area contributed by atoms with Gasteiger partial charge in [0, 0.05) is 18.1 Å². The summed E-state index contributed by atoms with van der Waals surface area (Å²) in [5, 5.41) is 0. The van der Waals surface area contributed by atoms with Crippen molar-refractivity contribution in [1.82, 2.24) is 4.90 Å². The van der Waals surface area contributed by atoms with Gasteiger partial charge in [-0.1, -0.05) is 20.8 Å². The molecule has 0 aliphatic carbocycles. The zero-order valence-corrected chi connectivity index (χ0v) is 12.6. The lowest BCUT2D eigenvalue weighted by Crippen LogP contribution is -2.34. The van der Waals surface area contributed by atoms with Crippen molar-refractivity contribution in [2.75, 3.05) is 19.3 Å². The zero-order valence-electron chi connectivity index (χ0n) is 11.1. The molecule has 2 N–H and O–H groups in total. The van der Waals surface area contributed by atoms with E-state index in [4.69, 9.17) is 5.73 Å². The predicted octanol–water partition coefficient (Wildman–Crippen LogP) is 3.29. The second-order valence-corrected chi connectivity index (χ2v) is 6.43. The van der Waals surface area contributed by atoms with Gasteiger partial charge in [-0.15, -0.1) is 0 Å². The summed E-state index contributed by atoms with van der Waals surface area (Å²) in [6.45, 7) is 6.75. The van der Waals surface area contributed by atoms with Crippen molar-refractivity contribution in [3.05, 3.63) is 28.0 Å². The van der Waals surface area contributed by atoms with Gasteiger partial charge in [-0.25, -0.2) is 4.39 Å². The third-order valence-corrected chi connectivity index (χ3v) is 3.03. The molecule has 0 saturated carbocycles. The van der Waals surface area contributed by atoms with Crippen LogP contribution in [0.3, 0.4) is 0 Å². The standard InChI is InChI=1S/C13H18BrFN2O/c1-13(2,3)7-17(4)12(18)8-5-11(16)10(15)6-9(8)14/h5-6H,7,16H2,1-4H3. The molecule has 0 aliphatic heterocycles. The maximum atomic E-state index is 13.2. The van der Waals surface area contributed by atoms with Crippen LogP contribution in [-0.4, -0.2) is 24.4 Å². The van der Waals surface area contributed by atoms with Crippen molar-refractivity contribution in [3.8, 4) is 0 Å². The largest absolute Gasteiger partial charge is 0.396 e. The number of nitrogen functional groups attached to an aromatic ring is 1. The van der Waals surface area contributed by atoms with Crippen molar-refractivity contribution < 1.29 is 9.18 Å². The Bertz CT molecular complexity index is 469. The maximum Gasteiger partial charge on any atom is 0.254 e. The number of nitrogens with two attached hydrogens (primary N) is 1. The maximum absolute atomic E-state index is 13.2. The lowest BCUT2D eigenvalue weighted by atomic mass is 9.96. The van der Waals surface area contributed by atoms with Crippen LogP contribution in [-0.2, 0) is 0 Å². The van der Waals surface area contributed by atoms with E-state index in [0.29, 0.717) is 16.6 Å². The Hall–Kier alpha value is -1.10. The van der Waals surface area contributed by atoms with E-state index in [0.717, 1.165) is 0 Å². The van der Waals surface area contributed by atoms with E-state index in [1.807, 2.05) is 20.8 Å². The lowest BCUT2D eigenvalue weighted by Gasteiger charge is -2.27. The van der Waals surface area contributed by atoms with Crippen LogP contribution in [0, 0.1) is 11.2 Å². The summed E-state index contributed by atoms with van der Waals surface area (Å²) in [4.78, 5) is 13.8. The lowest BCUT2D eigenvalue weighted by molar-refractivity contribution is 0.0745. The SMILES string of the molecule is CN(CC(C)(C)C)C(=O)c1cc(N)c(F)cc1Br. The molecule has 18 heavy (non-hydrogen) atoms. The molecule has 100 valence electrons. The molecule has 1 aromatic rings. The van der Waals surface area contributed by atoms with Crippen LogP contribution in [0.25, 0.3) is 0 Å². The van der Waals surface area contributed by atoms with E-state index < -0.39 is 5.82 Å². The van der Waals surface area contributed by atoms with Gasteiger partial charge in [0.25, 0.3) is 5.91 Å². The van der Waals surface area contributed by atoms with E-state index in [1.54, 1.807) is 11.9 Å². The molecule has 0 heterocycles. The number of amides is 1. The number of benzene rings is 1. The van der Waals surface area contributed by atoms with Crippen LogP contribution < -0.4 is 5.73 Å². The van der Waals surface area contributed by atoms with E-state index >= 15 is 0 Å². The highest BCUT2D eigenvalue weighted by Gasteiger charge is 2.21. The van der Waals surface area contributed by atoms with E-state index in [2.05, 4.69) is 15.9 Å². The summed E-state index contributed by atoms with van der Waals surface area (Å²) in [5.41, 5.74) is 5.84. The first-order chi connectivity index (χ1) is 8.11. The van der Waals surface area contributed by atoms with Gasteiger partial charge in [0.05, 0.1) is 11.3 Å². The molecule has 1 rings (SSSR count). The Kier molecular flexibility index (Phi) is 4.37. The molecule has 0 atom stereocenters. The topological polar surface area (TPSA) is 46.3 Å². The average Bonchev–Trinajstić information content (AvgIpc) is 2.20. The first kappa shape index (κ1) is 15.0. The van der Waals surface area contributed by atoms with E-state index in [9.17, 15) is 9.18 Å². The van der Waals surface area contributed by atoms with E-state index in [1.165, 1.54) is 12.1 Å². The van der Waals surface area contributed by atoms with Crippen LogP contribution in [0.2, 0.25) is 0 Å². The second-order valence-electron chi connectivity index (χ2n) is 5.58. The van der Waals surface area contributed by atoms with Crippen LogP contribution in [0.4, 0.5) is 10.1 Å². The van der Waals surface area contributed by atoms with Crippen molar-refractivity contribution in [1.29, 1.82) is 0 Å². The van der Waals surface area contributed by atoms with Crippen LogP contribution in [0.5, 0.6) is 0 Å². The second kappa shape index (κ2) is 5.26. The number of nitrogens with zero attached hydrogens (tertiary/aromatic N) is 1. The molecular formula is C13H18BrFN2O. The fraction of sp³-hybridized carbons (Fsp3) is 0.462. The number of anilines is 1. The van der Waals surface area contributed by atoms with Crippen molar-refractivity contribution in [3.63, 3.8) is 0 Å². The molecule has 5 heteroatoms. The minimum atomic E-state index is -0.531. The molecule has 0 bridgehead atoms. The number of carbonyl (C=O) groups is 1. The number of carbonyl (C=O) groups excluding carboxylic acids is 1. The molecule has 1 aromatic carbocycles. The van der Waals surface area contributed by atoms with Gasteiger partial charge in [0.1, 0.15) is 5.82 Å². The van der Waals surface area contributed by atoms with Crippen molar-refractivity contribution in [2.24, 2.45) is 5.41 Å². The summed E-state index contributed by atoms with van der Waals surface area (Å²) >= 11 is 3.19. The average molecular weight is 317 g/mol. The number of hydrogen-bond donors (Lipinski definition) is 1. The van der Waals surface area contributed by atoms with Gasteiger partial charge in [-0.3, -0.25) is 4.79 Å². The Morgan fingerprint density at radius 2 is 2.00 bits per heavy atom. The van der Waals surface area contributed by atoms with Crippen LogP contribution in [0.15, 0.2) is 16.6 Å². The number of hydrogen-bond acceptors (Lipinski definition) is 2. The number of halogens is 2. The van der Waals surface area contributed by atoms with Gasteiger partial charge in [0.15, 0.2) is 0 Å². The van der Waals surface area contributed by atoms with Gasteiger partial charge in [0.2, 0.25) is 0 Å². The Balaban J connectivity index is 3.01. The molecule has 0 spiro atoms. The fourth-order valence-electron chi connectivity index (χ4n) is 1.72. The molecule has 1 amide bonds. The first-order valence-electron chi connectivity index (χ1n) is 5.62.